The molecule has 7 heteroatoms. The second-order valence-corrected chi connectivity index (χ2v) is 6.62. The molecule has 0 saturated carbocycles. The number of nitrogens with one attached hydrogen (secondary N) is 2. The number of hydrogen-bond donors (Lipinski definition) is 2. The van der Waals surface area contributed by atoms with Crippen LogP contribution >= 0.6 is 11.8 Å². The SMILES string of the molecule is COC(=O)C(Cc1ccccc1)NC(=O)CNC(=O)c1ccc(SC)cc1. The minimum Gasteiger partial charge on any atom is -0.467 e. The van der Waals surface area contributed by atoms with Crippen molar-refractivity contribution in [2.75, 3.05) is 19.9 Å². The number of hydrogen-bond acceptors (Lipinski definition) is 5. The van der Waals surface area contributed by atoms with Gasteiger partial charge >= 0.3 is 5.97 Å². The van der Waals surface area contributed by atoms with Crippen LogP contribution < -0.4 is 10.6 Å². The molecule has 0 aliphatic heterocycles. The van der Waals surface area contributed by atoms with Gasteiger partial charge in [0, 0.05) is 16.9 Å². The molecule has 2 aromatic carbocycles. The maximum atomic E-state index is 12.2. The number of thioether (sulfide) groups is 1. The molecular weight excluding hydrogens is 364 g/mol. The molecule has 0 aromatic heterocycles. The van der Waals surface area contributed by atoms with Gasteiger partial charge in [0.2, 0.25) is 5.91 Å². The Bertz CT molecular complexity index is 778. The van der Waals surface area contributed by atoms with Crippen LogP contribution in [0.5, 0.6) is 0 Å². The van der Waals surface area contributed by atoms with Crippen molar-refractivity contribution in [3.63, 3.8) is 0 Å². The van der Waals surface area contributed by atoms with Crippen molar-refractivity contribution in [2.45, 2.75) is 17.4 Å². The van der Waals surface area contributed by atoms with Crippen molar-refractivity contribution in [1.29, 1.82) is 0 Å². The molecule has 0 radical (unpaired) electrons. The molecule has 6 nitrogen and oxygen atoms in total. The maximum absolute atomic E-state index is 12.2. The zero-order chi connectivity index (χ0) is 19.6. The molecule has 0 aliphatic rings. The van der Waals surface area contributed by atoms with Gasteiger partial charge in [-0.3, -0.25) is 9.59 Å². The Morgan fingerprint density at radius 2 is 1.70 bits per heavy atom. The molecule has 1 atom stereocenters. The number of amides is 2. The highest BCUT2D eigenvalue weighted by molar-refractivity contribution is 7.98. The highest BCUT2D eigenvalue weighted by Gasteiger charge is 2.22. The minimum atomic E-state index is -0.817. The quantitative estimate of drug-likeness (QED) is 0.536. The molecule has 0 heterocycles. The number of rotatable bonds is 8. The van der Waals surface area contributed by atoms with E-state index >= 15 is 0 Å². The van der Waals surface area contributed by atoms with Gasteiger partial charge in [0.15, 0.2) is 0 Å². The van der Waals surface area contributed by atoms with E-state index in [4.69, 9.17) is 4.74 Å². The zero-order valence-electron chi connectivity index (χ0n) is 15.2. The fraction of sp³-hybridized carbons (Fsp3) is 0.250. The topological polar surface area (TPSA) is 84.5 Å². The molecule has 0 spiro atoms. The average molecular weight is 386 g/mol. The number of carbonyl (C=O) groups is 3. The Labute approximate surface area is 162 Å². The van der Waals surface area contributed by atoms with E-state index in [9.17, 15) is 14.4 Å². The number of methoxy groups -OCH3 is 1. The summed E-state index contributed by atoms with van der Waals surface area (Å²) in [6.45, 7) is -0.231. The van der Waals surface area contributed by atoms with E-state index in [-0.39, 0.29) is 12.5 Å². The molecule has 0 bridgehead atoms. The summed E-state index contributed by atoms with van der Waals surface area (Å²) in [4.78, 5) is 37.3. The van der Waals surface area contributed by atoms with Gasteiger partial charge in [-0.05, 0) is 36.1 Å². The Balaban J connectivity index is 1.90. The first-order chi connectivity index (χ1) is 13.0. The lowest BCUT2D eigenvalue weighted by Gasteiger charge is -2.17. The summed E-state index contributed by atoms with van der Waals surface area (Å²) in [7, 11) is 1.27. The first kappa shape index (κ1) is 20.5. The second kappa shape index (κ2) is 10.4. The van der Waals surface area contributed by atoms with Crippen LogP contribution in [0.4, 0.5) is 0 Å². The number of ether oxygens (including phenoxy) is 1. The summed E-state index contributed by atoms with van der Waals surface area (Å²) in [6, 6.07) is 15.6. The van der Waals surface area contributed by atoms with E-state index in [0.717, 1.165) is 10.5 Å². The van der Waals surface area contributed by atoms with Gasteiger partial charge in [0.1, 0.15) is 6.04 Å². The molecule has 1 unspecified atom stereocenters. The first-order valence-corrected chi connectivity index (χ1v) is 9.59. The van der Waals surface area contributed by atoms with Gasteiger partial charge in [-0.2, -0.15) is 0 Å². The van der Waals surface area contributed by atoms with Crippen LogP contribution in [-0.4, -0.2) is 43.7 Å². The van der Waals surface area contributed by atoms with Crippen LogP contribution in [-0.2, 0) is 20.7 Å². The highest BCUT2D eigenvalue weighted by atomic mass is 32.2. The summed E-state index contributed by atoms with van der Waals surface area (Å²) in [5.74, 6) is -1.35. The van der Waals surface area contributed by atoms with Crippen molar-refractivity contribution < 1.29 is 19.1 Å². The molecule has 0 aliphatic carbocycles. The van der Waals surface area contributed by atoms with Crippen LogP contribution in [0.25, 0.3) is 0 Å². The Morgan fingerprint density at radius 1 is 1.04 bits per heavy atom. The number of carbonyl (C=O) groups excluding carboxylic acids is 3. The summed E-state index contributed by atoms with van der Waals surface area (Å²) < 4.78 is 4.76. The van der Waals surface area contributed by atoms with Gasteiger partial charge in [0.25, 0.3) is 5.91 Å². The molecule has 0 fully saturated rings. The maximum Gasteiger partial charge on any atom is 0.328 e. The average Bonchev–Trinajstić information content (AvgIpc) is 2.71. The molecule has 2 rings (SSSR count). The third-order valence-corrected chi connectivity index (χ3v) is 4.61. The van der Waals surface area contributed by atoms with Crippen molar-refractivity contribution in [2.24, 2.45) is 0 Å². The van der Waals surface area contributed by atoms with Gasteiger partial charge < -0.3 is 15.4 Å². The fourth-order valence-corrected chi connectivity index (χ4v) is 2.84. The molecule has 0 saturated heterocycles. The summed E-state index contributed by atoms with van der Waals surface area (Å²) in [5.41, 5.74) is 1.36. The van der Waals surface area contributed by atoms with E-state index in [1.807, 2.05) is 48.7 Å². The van der Waals surface area contributed by atoms with E-state index < -0.39 is 17.9 Å². The Morgan fingerprint density at radius 3 is 2.30 bits per heavy atom. The largest absolute Gasteiger partial charge is 0.467 e. The third kappa shape index (κ3) is 6.45. The minimum absolute atomic E-state index is 0.231. The summed E-state index contributed by atoms with van der Waals surface area (Å²) in [5, 5.41) is 5.16. The standard InChI is InChI=1S/C20H22N2O4S/c1-26-20(25)17(12-14-6-4-3-5-7-14)22-18(23)13-21-19(24)15-8-10-16(27-2)11-9-15/h3-11,17H,12-13H2,1-2H3,(H,21,24)(H,22,23). The summed E-state index contributed by atoms with van der Waals surface area (Å²) >= 11 is 1.58. The van der Waals surface area contributed by atoms with Crippen molar-refractivity contribution in [1.82, 2.24) is 10.6 Å². The van der Waals surface area contributed by atoms with Gasteiger partial charge in [-0.15, -0.1) is 11.8 Å². The lowest BCUT2D eigenvalue weighted by molar-refractivity contribution is -0.144. The lowest BCUT2D eigenvalue weighted by Crippen LogP contribution is -2.47. The van der Waals surface area contributed by atoms with Crippen molar-refractivity contribution >= 4 is 29.5 Å². The smallest absolute Gasteiger partial charge is 0.328 e. The lowest BCUT2D eigenvalue weighted by atomic mass is 10.1. The van der Waals surface area contributed by atoms with Crippen LogP contribution in [0.1, 0.15) is 15.9 Å². The predicted molar refractivity (Wildman–Crippen MR) is 105 cm³/mol. The van der Waals surface area contributed by atoms with E-state index in [1.54, 1.807) is 23.9 Å². The van der Waals surface area contributed by atoms with E-state index in [2.05, 4.69) is 10.6 Å². The molecule has 2 N–H and O–H groups in total. The van der Waals surface area contributed by atoms with Crippen LogP contribution in [0.3, 0.4) is 0 Å². The van der Waals surface area contributed by atoms with Crippen LogP contribution in [0.2, 0.25) is 0 Å². The van der Waals surface area contributed by atoms with Crippen LogP contribution in [0, 0.1) is 0 Å². The number of esters is 1. The molecular formula is C20H22N2O4S. The third-order valence-electron chi connectivity index (χ3n) is 3.87. The number of benzene rings is 2. The normalized spacial score (nSPS) is 11.3. The second-order valence-electron chi connectivity index (χ2n) is 5.74. The Hall–Kier alpha value is -2.80. The van der Waals surface area contributed by atoms with Gasteiger partial charge in [-0.25, -0.2) is 4.79 Å². The van der Waals surface area contributed by atoms with Gasteiger partial charge in [0.05, 0.1) is 13.7 Å². The fourth-order valence-electron chi connectivity index (χ4n) is 2.44. The van der Waals surface area contributed by atoms with Crippen LogP contribution in [0.15, 0.2) is 59.5 Å². The highest BCUT2D eigenvalue weighted by Crippen LogP contribution is 2.14. The predicted octanol–water partition coefficient (Wildman–Crippen LogP) is 2.04. The molecule has 142 valence electrons. The zero-order valence-corrected chi connectivity index (χ0v) is 16.0. The van der Waals surface area contributed by atoms with E-state index in [1.165, 1.54) is 7.11 Å². The first-order valence-electron chi connectivity index (χ1n) is 8.37. The van der Waals surface area contributed by atoms with Crippen molar-refractivity contribution in [3.05, 3.63) is 65.7 Å². The van der Waals surface area contributed by atoms with E-state index in [0.29, 0.717) is 12.0 Å². The van der Waals surface area contributed by atoms with Crippen molar-refractivity contribution in [3.8, 4) is 0 Å². The van der Waals surface area contributed by atoms with Gasteiger partial charge in [-0.1, -0.05) is 30.3 Å². The molecule has 2 aromatic rings. The Kier molecular flexibility index (Phi) is 7.88. The molecule has 27 heavy (non-hydrogen) atoms. The monoisotopic (exact) mass is 386 g/mol. The molecule has 2 amide bonds. The summed E-state index contributed by atoms with van der Waals surface area (Å²) in [6.07, 6.45) is 2.26.